The molecule has 2 saturated heterocycles. The Morgan fingerprint density at radius 1 is 1.64 bits per heavy atom. The monoisotopic (exact) mass is 156 g/mol. The number of carbonyl (C=O) groups excluding carboxylic acids is 1. The molecule has 1 amide bonds. The van der Waals surface area contributed by atoms with Crippen LogP contribution in [-0.4, -0.2) is 49.7 Å². The Morgan fingerprint density at radius 2 is 2.55 bits per heavy atom. The fourth-order valence-corrected chi connectivity index (χ4v) is 1.60. The molecule has 4 heteroatoms. The Kier molecular flexibility index (Phi) is 1.79. The number of piperazine rings is 1. The van der Waals surface area contributed by atoms with Crippen molar-refractivity contribution in [2.24, 2.45) is 0 Å². The Bertz CT molecular complexity index is 170. The quantitative estimate of drug-likeness (QED) is 0.480. The molecule has 4 nitrogen and oxygen atoms in total. The number of nitrogens with one attached hydrogen (secondary N) is 1. The normalized spacial score (nSPS) is 31.8. The van der Waals surface area contributed by atoms with E-state index in [0.29, 0.717) is 6.61 Å². The number of morpholine rings is 1. The van der Waals surface area contributed by atoms with E-state index in [9.17, 15) is 4.79 Å². The highest BCUT2D eigenvalue weighted by Gasteiger charge is 2.30. The largest absolute Gasteiger partial charge is 0.369 e. The van der Waals surface area contributed by atoms with Crippen molar-refractivity contribution in [3.8, 4) is 0 Å². The predicted molar refractivity (Wildman–Crippen MR) is 39.2 cm³/mol. The van der Waals surface area contributed by atoms with Gasteiger partial charge in [-0.05, 0) is 0 Å². The average Bonchev–Trinajstić information content (AvgIpc) is 2.06. The SMILES string of the molecule is O=C1COCC2CNCCN12. The summed E-state index contributed by atoms with van der Waals surface area (Å²) < 4.78 is 5.12. The molecule has 0 aromatic rings. The van der Waals surface area contributed by atoms with Gasteiger partial charge in [-0.3, -0.25) is 4.79 Å². The molecule has 2 fully saturated rings. The summed E-state index contributed by atoms with van der Waals surface area (Å²) in [6.07, 6.45) is 0. The second-order valence-corrected chi connectivity index (χ2v) is 2.96. The van der Waals surface area contributed by atoms with E-state index in [0.717, 1.165) is 19.6 Å². The summed E-state index contributed by atoms with van der Waals surface area (Å²) in [7, 11) is 0. The molecule has 1 atom stereocenters. The summed E-state index contributed by atoms with van der Waals surface area (Å²) in [4.78, 5) is 13.1. The number of hydrogen-bond donors (Lipinski definition) is 1. The van der Waals surface area contributed by atoms with Crippen LogP contribution in [0.25, 0.3) is 0 Å². The van der Waals surface area contributed by atoms with E-state index in [4.69, 9.17) is 4.74 Å². The number of rotatable bonds is 0. The number of ether oxygens (including phenoxy) is 1. The number of hydrogen-bond acceptors (Lipinski definition) is 3. The summed E-state index contributed by atoms with van der Waals surface area (Å²) >= 11 is 0. The topological polar surface area (TPSA) is 41.6 Å². The molecular weight excluding hydrogens is 144 g/mol. The van der Waals surface area contributed by atoms with Crippen molar-refractivity contribution in [2.75, 3.05) is 32.8 Å². The van der Waals surface area contributed by atoms with Gasteiger partial charge in [0, 0.05) is 19.6 Å². The van der Waals surface area contributed by atoms with Gasteiger partial charge < -0.3 is 15.0 Å². The minimum absolute atomic E-state index is 0.141. The summed E-state index contributed by atoms with van der Waals surface area (Å²) in [5.74, 6) is 0.141. The van der Waals surface area contributed by atoms with Gasteiger partial charge in [0.05, 0.1) is 12.6 Å². The summed E-state index contributed by atoms with van der Waals surface area (Å²) in [5, 5.41) is 3.23. The second-order valence-electron chi connectivity index (χ2n) is 2.96. The first-order valence-electron chi connectivity index (χ1n) is 3.96. The Hall–Kier alpha value is -0.610. The lowest BCUT2D eigenvalue weighted by molar-refractivity contribution is -0.149. The van der Waals surface area contributed by atoms with Crippen LogP contribution in [0.2, 0.25) is 0 Å². The Morgan fingerprint density at radius 3 is 3.36 bits per heavy atom. The predicted octanol–water partition coefficient (Wildman–Crippen LogP) is -1.18. The molecular formula is C7H12N2O2. The number of carbonyl (C=O) groups is 1. The summed E-state index contributed by atoms with van der Waals surface area (Å²) in [6, 6.07) is 0.282. The lowest BCUT2D eigenvalue weighted by Crippen LogP contribution is -2.59. The highest BCUT2D eigenvalue weighted by molar-refractivity contribution is 5.78. The van der Waals surface area contributed by atoms with Gasteiger partial charge in [-0.25, -0.2) is 0 Å². The molecule has 2 heterocycles. The zero-order valence-corrected chi connectivity index (χ0v) is 6.38. The molecule has 2 aliphatic heterocycles. The van der Waals surface area contributed by atoms with Gasteiger partial charge in [-0.2, -0.15) is 0 Å². The molecule has 1 N–H and O–H groups in total. The molecule has 0 spiro atoms. The highest BCUT2D eigenvalue weighted by Crippen LogP contribution is 2.09. The van der Waals surface area contributed by atoms with Crippen molar-refractivity contribution in [1.82, 2.24) is 10.2 Å². The molecule has 0 saturated carbocycles. The molecule has 0 aromatic carbocycles. The minimum atomic E-state index is 0.141. The van der Waals surface area contributed by atoms with E-state index in [1.807, 2.05) is 4.90 Å². The molecule has 0 bridgehead atoms. The molecule has 0 aliphatic carbocycles. The third kappa shape index (κ3) is 1.23. The molecule has 2 aliphatic rings. The highest BCUT2D eigenvalue weighted by atomic mass is 16.5. The van der Waals surface area contributed by atoms with Crippen molar-refractivity contribution in [2.45, 2.75) is 6.04 Å². The molecule has 0 aromatic heterocycles. The summed E-state index contributed by atoms with van der Waals surface area (Å²) in [5.41, 5.74) is 0. The Balaban J connectivity index is 2.05. The van der Waals surface area contributed by atoms with Gasteiger partial charge >= 0.3 is 0 Å². The molecule has 2 rings (SSSR count). The first-order valence-corrected chi connectivity index (χ1v) is 3.96. The van der Waals surface area contributed by atoms with Crippen molar-refractivity contribution in [1.29, 1.82) is 0 Å². The summed E-state index contributed by atoms with van der Waals surface area (Å²) in [6.45, 7) is 3.61. The van der Waals surface area contributed by atoms with Crippen molar-refractivity contribution < 1.29 is 9.53 Å². The van der Waals surface area contributed by atoms with Crippen LogP contribution in [0, 0.1) is 0 Å². The van der Waals surface area contributed by atoms with Crippen LogP contribution < -0.4 is 5.32 Å². The van der Waals surface area contributed by atoms with Crippen LogP contribution in [0.4, 0.5) is 0 Å². The van der Waals surface area contributed by atoms with E-state index in [-0.39, 0.29) is 18.6 Å². The van der Waals surface area contributed by atoms with E-state index in [1.54, 1.807) is 0 Å². The fourth-order valence-electron chi connectivity index (χ4n) is 1.60. The van der Waals surface area contributed by atoms with Crippen LogP contribution in [-0.2, 0) is 9.53 Å². The van der Waals surface area contributed by atoms with Crippen LogP contribution in [0.3, 0.4) is 0 Å². The molecule has 62 valence electrons. The van der Waals surface area contributed by atoms with Gasteiger partial charge in [0.15, 0.2) is 0 Å². The second kappa shape index (κ2) is 2.79. The molecule has 0 radical (unpaired) electrons. The zero-order chi connectivity index (χ0) is 7.68. The van der Waals surface area contributed by atoms with Gasteiger partial charge in [0.2, 0.25) is 5.91 Å². The van der Waals surface area contributed by atoms with Crippen LogP contribution in [0.5, 0.6) is 0 Å². The van der Waals surface area contributed by atoms with Gasteiger partial charge in [-0.15, -0.1) is 0 Å². The van der Waals surface area contributed by atoms with E-state index >= 15 is 0 Å². The van der Waals surface area contributed by atoms with E-state index in [1.165, 1.54) is 0 Å². The number of nitrogens with zero attached hydrogens (tertiary/aromatic N) is 1. The lowest BCUT2D eigenvalue weighted by atomic mass is 10.2. The smallest absolute Gasteiger partial charge is 0.248 e. The Labute approximate surface area is 65.5 Å². The van der Waals surface area contributed by atoms with Gasteiger partial charge in [0.25, 0.3) is 0 Å². The maximum Gasteiger partial charge on any atom is 0.248 e. The third-order valence-electron chi connectivity index (χ3n) is 2.21. The standard InChI is InChI=1S/C7H12N2O2/c10-7-5-11-4-6-3-8-1-2-9(6)7/h6,8H,1-5H2. The first-order chi connectivity index (χ1) is 5.38. The van der Waals surface area contributed by atoms with Crippen LogP contribution >= 0.6 is 0 Å². The lowest BCUT2D eigenvalue weighted by Gasteiger charge is -2.39. The van der Waals surface area contributed by atoms with Crippen molar-refractivity contribution in [3.05, 3.63) is 0 Å². The number of amides is 1. The first kappa shape index (κ1) is 7.06. The average molecular weight is 156 g/mol. The number of fused-ring (bicyclic) bond motifs is 1. The van der Waals surface area contributed by atoms with Gasteiger partial charge in [-0.1, -0.05) is 0 Å². The van der Waals surface area contributed by atoms with E-state index < -0.39 is 0 Å². The molecule has 11 heavy (non-hydrogen) atoms. The van der Waals surface area contributed by atoms with E-state index in [2.05, 4.69) is 5.32 Å². The van der Waals surface area contributed by atoms with Gasteiger partial charge in [0.1, 0.15) is 6.61 Å². The maximum atomic E-state index is 11.2. The van der Waals surface area contributed by atoms with Crippen LogP contribution in [0.15, 0.2) is 0 Å². The van der Waals surface area contributed by atoms with Crippen molar-refractivity contribution >= 4 is 5.91 Å². The fraction of sp³-hybridized carbons (Fsp3) is 0.857. The molecule has 1 unspecified atom stereocenters. The maximum absolute atomic E-state index is 11.2. The minimum Gasteiger partial charge on any atom is -0.369 e. The zero-order valence-electron chi connectivity index (χ0n) is 6.38. The third-order valence-corrected chi connectivity index (χ3v) is 2.21. The van der Waals surface area contributed by atoms with Crippen molar-refractivity contribution in [3.63, 3.8) is 0 Å². The van der Waals surface area contributed by atoms with Crippen LogP contribution in [0.1, 0.15) is 0 Å².